The summed E-state index contributed by atoms with van der Waals surface area (Å²) in [5, 5.41) is 3.82. The van der Waals surface area contributed by atoms with Crippen LogP contribution < -0.4 is 5.32 Å². The van der Waals surface area contributed by atoms with Gasteiger partial charge in [0.05, 0.1) is 17.0 Å². The first-order valence-corrected chi connectivity index (χ1v) is 13.7. The van der Waals surface area contributed by atoms with Gasteiger partial charge in [-0.1, -0.05) is 77.8 Å². The minimum Gasteiger partial charge on any atom is -0.358 e. The van der Waals surface area contributed by atoms with Crippen LogP contribution in [-0.4, -0.2) is 28.4 Å². The fraction of sp³-hybridized carbons (Fsp3) is 0.121. The third kappa shape index (κ3) is 3.38. The van der Waals surface area contributed by atoms with Gasteiger partial charge < -0.3 is 10.2 Å². The highest BCUT2D eigenvalue weighted by Gasteiger charge is 2.70. The summed E-state index contributed by atoms with van der Waals surface area (Å²) < 4.78 is 0. The van der Waals surface area contributed by atoms with Gasteiger partial charge in [-0.15, -0.1) is 0 Å². The van der Waals surface area contributed by atoms with E-state index in [9.17, 15) is 14.4 Å². The van der Waals surface area contributed by atoms with Crippen molar-refractivity contribution in [2.24, 2.45) is 5.92 Å². The van der Waals surface area contributed by atoms with Crippen LogP contribution in [0, 0.1) is 5.92 Å². The number of halogens is 2. The van der Waals surface area contributed by atoms with Gasteiger partial charge in [0.25, 0.3) is 0 Å². The molecular weight excluding hydrogens is 543 g/mol. The lowest BCUT2D eigenvalue weighted by molar-refractivity contribution is -0.122. The van der Waals surface area contributed by atoms with Crippen molar-refractivity contribution in [2.45, 2.75) is 17.5 Å². The van der Waals surface area contributed by atoms with Crippen LogP contribution in [0.5, 0.6) is 0 Å². The first-order valence-electron chi connectivity index (χ1n) is 13.0. The third-order valence-corrected chi connectivity index (χ3v) is 8.97. The topological polar surface area (TPSA) is 66.5 Å². The van der Waals surface area contributed by atoms with Crippen molar-refractivity contribution in [3.63, 3.8) is 0 Å². The number of nitrogens with one attached hydrogen (secondary N) is 1. The average Bonchev–Trinajstić information content (AvgIpc) is 3.45. The smallest absolute Gasteiger partial charge is 0.238 e. The Bertz CT molecular complexity index is 1750. The normalized spacial score (nSPS) is 23.9. The summed E-state index contributed by atoms with van der Waals surface area (Å²) in [6.45, 7) is 0. The molecule has 1 spiro atoms. The number of para-hydroxylation sites is 1. The maximum atomic E-state index is 14.8. The molecule has 1 saturated heterocycles. The summed E-state index contributed by atoms with van der Waals surface area (Å²) in [4.78, 5) is 45.6. The van der Waals surface area contributed by atoms with Gasteiger partial charge in [0, 0.05) is 28.0 Å². The number of hydrogen-bond donors (Lipinski definition) is 1. The minimum absolute atomic E-state index is 0.271. The molecule has 0 radical (unpaired) electrons. The van der Waals surface area contributed by atoms with Crippen molar-refractivity contribution in [1.82, 2.24) is 4.90 Å². The number of nitrogens with zero attached hydrogens (tertiary/aromatic N) is 1. The Morgan fingerprint density at radius 2 is 1.50 bits per heavy atom. The summed E-state index contributed by atoms with van der Waals surface area (Å²) >= 11 is 12.7. The van der Waals surface area contributed by atoms with Crippen LogP contribution in [0.15, 0.2) is 103 Å². The lowest BCUT2D eigenvalue weighted by atomic mass is 9.62. The Balaban J connectivity index is 1.55. The van der Waals surface area contributed by atoms with E-state index >= 15 is 0 Å². The minimum atomic E-state index is -1.40. The van der Waals surface area contributed by atoms with Crippen LogP contribution in [0.1, 0.15) is 43.4 Å². The largest absolute Gasteiger partial charge is 0.358 e. The molecule has 0 aliphatic carbocycles. The number of fused-ring (bicyclic) bond motifs is 6. The Hall–Kier alpha value is -4.19. The van der Waals surface area contributed by atoms with Gasteiger partial charge in [0.15, 0.2) is 11.6 Å². The highest BCUT2D eigenvalue weighted by molar-refractivity contribution is 6.34. The molecule has 1 amide bonds. The summed E-state index contributed by atoms with van der Waals surface area (Å²) in [6.07, 6.45) is 3.78. The van der Waals surface area contributed by atoms with Gasteiger partial charge in [-0.05, 0) is 65.2 Å². The lowest BCUT2D eigenvalue weighted by Crippen LogP contribution is -2.49. The van der Waals surface area contributed by atoms with E-state index in [-0.39, 0.29) is 28.1 Å². The number of carbonyl (C=O) groups is 3. The SMILES string of the molecule is O=C(c1ccc(Cl)cc1)C1C(C(=O)c2ccccc2Cl)C2(C(=O)Nc3ccccc32)C2c3ccccc3C=CN12. The number of Topliss-reactive ketones (excluding diaryl/α,β-unsaturated/α-hetero) is 2. The second-order valence-electron chi connectivity index (χ2n) is 10.3. The molecule has 0 saturated carbocycles. The van der Waals surface area contributed by atoms with E-state index in [1.165, 1.54) is 0 Å². The Labute approximate surface area is 241 Å². The summed E-state index contributed by atoms with van der Waals surface area (Å²) in [6, 6.07) is 27.0. The van der Waals surface area contributed by atoms with Gasteiger partial charge in [-0.25, -0.2) is 0 Å². The molecule has 7 heteroatoms. The Morgan fingerprint density at radius 1 is 0.800 bits per heavy atom. The number of ketones is 2. The van der Waals surface area contributed by atoms with Crippen LogP contribution >= 0.6 is 23.2 Å². The van der Waals surface area contributed by atoms with Crippen molar-refractivity contribution in [2.75, 3.05) is 5.32 Å². The Kier molecular flexibility index (Phi) is 5.70. The molecule has 4 unspecified atom stereocenters. The van der Waals surface area contributed by atoms with Gasteiger partial charge in [-0.3, -0.25) is 14.4 Å². The van der Waals surface area contributed by atoms with Gasteiger partial charge in [0.2, 0.25) is 5.91 Å². The molecule has 3 aliphatic heterocycles. The molecular formula is C33H22Cl2N2O3. The number of hydrogen-bond acceptors (Lipinski definition) is 4. The molecule has 40 heavy (non-hydrogen) atoms. The number of carbonyl (C=O) groups excluding carboxylic acids is 3. The average molecular weight is 565 g/mol. The molecule has 0 bridgehead atoms. The van der Waals surface area contributed by atoms with Gasteiger partial charge >= 0.3 is 0 Å². The summed E-state index contributed by atoms with van der Waals surface area (Å²) in [7, 11) is 0. The maximum absolute atomic E-state index is 14.8. The summed E-state index contributed by atoms with van der Waals surface area (Å²) in [5.41, 5.74) is 2.41. The number of anilines is 1. The number of rotatable bonds is 4. The maximum Gasteiger partial charge on any atom is 0.238 e. The van der Waals surface area contributed by atoms with Crippen LogP contribution in [0.25, 0.3) is 6.08 Å². The van der Waals surface area contributed by atoms with Crippen LogP contribution in [-0.2, 0) is 10.2 Å². The molecule has 0 aromatic heterocycles. The van der Waals surface area contributed by atoms with E-state index in [0.717, 1.165) is 11.1 Å². The van der Waals surface area contributed by atoms with E-state index in [1.807, 2.05) is 65.7 Å². The fourth-order valence-electron chi connectivity index (χ4n) is 6.78. The van der Waals surface area contributed by atoms with E-state index in [1.54, 1.807) is 48.5 Å². The highest BCUT2D eigenvalue weighted by atomic mass is 35.5. The number of benzene rings is 4. The molecule has 4 atom stereocenters. The molecule has 3 aliphatic rings. The molecule has 1 fully saturated rings. The monoisotopic (exact) mass is 564 g/mol. The molecule has 7 rings (SSSR count). The molecule has 4 aromatic carbocycles. The quantitative estimate of drug-likeness (QED) is 0.272. The summed E-state index contributed by atoms with van der Waals surface area (Å²) in [5.74, 6) is -2.03. The van der Waals surface area contributed by atoms with E-state index < -0.39 is 23.4 Å². The first kappa shape index (κ1) is 24.8. The zero-order valence-corrected chi connectivity index (χ0v) is 22.6. The molecule has 196 valence electrons. The van der Waals surface area contributed by atoms with Crippen LogP contribution in [0.3, 0.4) is 0 Å². The second-order valence-corrected chi connectivity index (χ2v) is 11.1. The Morgan fingerprint density at radius 3 is 2.30 bits per heavy atom. The zero-order valence-electron chi connectivity index (χ0n) is 21.1. The van der Waals surface area contributed by atoms with Crippen molar-refractivity contribution >= 4 is 52.4 Å². The molecule has 1 N–H and O–H groups in total. The van der Waals surface area contributed by atoms with Crippen LogP contribution in [0.4, 0.5) is 5.69 Å². The van der Waals surface area contributed by atoms with Gasteiger partial charge in [-0.2, -0.15) is 0 Å². The van der Waals surface area contributed by atoms with E-state index in [2.05, 4.69) is 5.32 Å². The number of amides is 1. The first-order chi connectivity index (χ1) is 19.4. The molecule has 5 nitrogen and oxygen atoms in total. The third-order valence-electron chi connectivity index (χ3n) is 8.39. The zero-order chi connectivity index (χ0) is 27.6. The van der Waals surface area contributed by atoms with E-state index in [4.69, 9.17) is 23.2 Å². The van der Waals surface area contributed by atoms with Crippen molar-refractivity contribution in [1.29, 1.82) is 0 Å². The van der Waals surface area contributed by atoms with E-state index in [0.29, 0.717) is 21.8 Å². The molecule has 3 heterocycles. The predicted molar refractivity (Wildman–Crippen MR) is 156 cm³/mol. The second kappa shape index (κ2) is 9.19. The standard InChI is InChI=1S/C33H22Cl2N2O3/c34-21-15-13-20(14-16-21)29(38)28-27(30(39)23-9-3-5-11-25(23)35)33(24-10-4-6-12-26(24)36-32(33)40)31-22-8-2-1-7-19(22)17-18-37(28)31/h1-18,27-28,31H,(H,36,40). The van der Waals surface area contributed by atoms with Gasteiger partial charge in [0.1, 0.15) is 11.5 Å². The fourth-order valence-corrected chi connectivity index (χ4v) is 7.14. The van der Waals surface area contributed by atoms with Crippen molar-refractivity contribution in [3.8, 4) is 0 Å². The van der Waals surface area contributed by atoms with Crippen molar-refractivity contribution in [3.05, 3.63) is 141 Å². The molecule has 4 aromatic rings. The van der Waals surface area contributed by atoms with Crippen molar-refractivity contribution < 1.29 is 14.4 Å². The predicted octanol–water partition coefficient (Wildman–Crippen LogP) is 6.98. The lowest BCUT2D eigenvalue weighted by Gasteiger charge is -2.38. The highest BCUT2D eigenvalue weighted by Crippen LogP contribution is 2.62. The van der Waals surface area contributed by atoms with Crippen LogP contribution in [0.2, 0.25) is 10.0 Å².